The monoisotopic (exact) mass is 214 g/mol. The predicted octanol–water partition coefficient (Wildman–Crippen LogP) is -0.655. The van der Waals surface area contributed by atoms with Crippen molar-refractivity contribution >= 4 is 97.3 Å². The minimum atomic E-state index is 0. The summed E-state index contributed by atoms with van der Waals surface area (Å²) in [6.45, 7) is 0. The summed E-state index contributed by atoms with van der Waals surface area (Å²) >= 11 is 0. The molecule has 0 aromatic rings. The molecular formula is H2Al2CaCl2O3+2. The molecule has 0 spiro atoms. The van der Waals surface area contributed by atoms with E-state index in [2.05, 4.69) is 0 Å². The predicted molar refractivity (Wildman–Crippen MR) is 33.8 cm³/mol. The molecule has 0 atom stereocenters. The molecule has 0 saturated heterocycles. The zero-order valence-electron chi connectivity index (χ0n) is 3.90. The van der Waals surface area contributed by atoms with Gasteiger partial charge in [-0.05, 0) is 0 Å². The first kappa shape index (κ1) is 133. The van der Waals surface area contributed by atoms with Gasteiger partial charge < -0.3 is 16.4 Å². The summed E-state index contributed by atoms with van der Waals surface area (Å²) in [7, 11) is 0. The quantitative estimate of drug-likeness (QED) is 0.480. The molecule has 0 bridgehead atoms. The van der Waals surface area contributed by atoms with Crippen LogP contribution >= 0.6 is 24.8 Å². The van der Waals surface area contributed by atoms with Crippen LogP contribution in [0.4, 0.5) is 0 Å². The molecule has 0 aliphatic rings. The van der Waals surface area contributed by atoms with Gasteiger partial charge >= 0.3 is 72.5 Å². The summed E-state index contributed by atoms with van der Waals surface area (Å²) in [5.74, 6) is 0. The van der Waals surface area contributed by atoms with Gasteiger partial charge in [0.15, 0.2) is 0 Å². The van der Waals surface area contributed by atoms with E-state index in [1.165, 1.54) is 0 Å². The second-order valence-corrected chi connectivity index (χ2v) is 0. The van der Waals surface area contributed by atoms with Crippen LogP contribution in [0.2, 0.25) is 0 Å². The molecule has 0 N–H and O–H groups in total. The Morgan fingerprint density at radius 1 is 0.500 bits per heavy atom. The average molecular weight is 215 g/mol. The smallest absolute Gasteiger partial charge is 2.00 e. The van der Waals surface area contributed by atoms with Crippen LogP contribution < -0.4 is 0 Å². The first-order valence-corrected chi connectivity index (χ1v) is 0. The van der Waals surface area contributed by atoms with E-state index in [1.807, 2.05) is 0 Å². The van der Waals surface area contributed by atoms with Gasteiger partial charge in [0, 0.05) is 0 Å². The molecule has 0 amide bonds. The number of rotatable bonds is 0. The molecule has 0 saturated carbocycles. The number of hydrogen-bond acceptors (Lipinski definition) is 0. The second-order valence-electron chi connectivity index (χ2n) is 0. The molecule has 0 heterocycles. The van der Waals surface area contributed by atoms with Crippen LogP contribution in [-0.4, -0.2) is 72.5 Å². The molecular weight excluding hydrogens is 213 g/mol. The van der Waals surface area contributed by atoms with Crippen LogP contribution in [0, 0.1) is 0 Å². The van der Waals surface area contributed by atoms with E-state index >= 15 is 0 Å². The van der Waals surface area contributed by atoms with Gasteiger partial charge in [-0.15, -0.1) is 24.8 Å². The molecule has 8 heavy (non-hydrogen) atoms. The Morgan fingerprint density at radius 2 is 0.500 bits per heavy atom. The minimum absolute atomic E-state index is 0. The SMILES string of the molecule is Cl.Cl.[Al+3].[Al+3].[Ca+2].[O-2].[O-2].[O-2]. The topological polar surface area (TPSA) is 85.5 Å². The molecule has 0 unspecified atom stereocenters. The van der Waals surface area contributed by atoms with Crippen molar-refractivity contribution < 1.29 is 16.4 Å². The van der Waals surface area contributed by atoms with Crippen molar-refractivity contribution in [3.05, 3.63) is 0 Å². The largest absolute Gasteiger partial charge is 3.00 e. The Balaban J connectivity index is 0. The van der Waals surface area contributed by atoms with E-state index in [0.29, 0.717) is 0 Å². The zero-order valence-corrected chi connectivity index (χ0v) is 10.1. The molecule has 0 rings (SSSR count). The van der Waals surface area contributed by atoms with Gasteiger partial charge in [0.05, 0.1) is 0 Å². The normalized spacial score (nSPS) is 0. The number of halogens is 2. The maximum Gasteiger partial charge on any atom is 3.00 e. The standard InChI is InChI=1S/2Al.Ca.2ClH.3O/h;;;2*1H;;;/q2*+3;+2;;;3*-2. The van der Waals surface area contributed by atoms with Crippen LogP contribution in [0.5, 0.6) is 0 Å². The van der Waals surface area contributed by atoms with E-state index in [9.17, 15) is 0 Å². The zero-order chi connectivity index (χ0) is 0. The van der Waals surface area contributed by atoms with Crippen LogP contribution in [0.3, 0.4) is 0 Å². The first-order valence-electron chi connectivity index (χ1n) is 0. The molecule has 8 heteroatoms. The van der Waals surface area contributed by atoms with Crippen molar-refractivity contribution in [3.8, 4) is 0 Å². The fraction of sp³-hybridized carbons (Fsp3) is 0. The summed E-state index contributed by atoms with van der Waals surface area (Å²) in [5, 5.41) is 0. The van der Waals surface area contributed by atoms with E-state index in [1.54, 1.807) is 0 Å². The van der Waals surface area contributed by atoms with E-state index in [-0.39, 0.29) is 114 Å². The molecule has 40 valence electrons. The first-order chi connectivity index (χ1) is 0. The molecule has 0 fully saturated rings. The maximum absolute atomic E-state index is 0. The third kappa shape index (κ3) is 68.7. The van der Waals surface area contributed by atoms with E-state index < -0.39 is 0 Å². The Kier molecular flexibility index (Phi) is 1620. The van der Waals surface area contributed by atoms with Crippen molar-refractivity contribution in [3.63, 3.8) is 0 Å². The van der Waals surface area contributed by atoms with Crippen molar-refractivity contribution in [1.29, 1.82) is 0 Å². The third-order valence-corrected chi connectivity index (χ3v) is 0. The second kappa shape index (κ2) is 97.4. The summed E-state index contributed by atoms with van der Waals surface area (Å²) in [5.41, 5.74) is 0. The van der Waals surface area contributed by atoms with Crippen LogP contribution in [0.1, 0.15) is 0 Å². The molecule has 0 aromatic carbocycles. The van der Waals surface area contributed by atoms with Crippen LogP contribution in [0.15, 0.2) is 0 Å². The Bertz CT molecular complexity index is 15.2. The maximum atomic E-state index is 0. The van der Waals surface area contributed by atoms with Crippen LogP contribution in [0.25, 0.3) is 0 Å². The molecule has 0 aliphatic carbocycles. The van der Waals surface area contributed by atoms with Crippen molar-refractivity contribution in [2.45, 2.75) is 0 Å². The Labute approximate surface area is 112 Å². The summed E-state index contributed by atoms with van der Waals surface area (Å²) < 4.78 is 0. The van der Waals surface area contributed by atoms with Gasteiger partial charge in [0.2, 0.25) is 0 Å². The fourth-order valence-corrected chi connectivity index (χ4v) is 0. The fourth-order valence-electron chi connectivity index (χ4n) is 0. The van der Waals surface area contributed by atoms with Crippen LogP contribution in [-0.2, 0) is 16.4 Å². The summed E-state index contributed by atoms with van der Waals surface area (Å²) in [6.07, 6.45) is 0. The van der Waals surface area contributed by atoms with Crippen molar-refractivity contribution in [1.82, 2.24) is 0 Å². The van der Waals surface area contributed by atoms with Gasteiger partial charge in [-0.1, -0.05) is 0 Å². The molecule has 0 aliphatic heterocycles. The summed E-state index contributed by atoms with van der Waals surface area (Å²) in [6, 6.07) is 0. The van der Waals surface area contributed by atoms with Gasteiger partial charge in [-0.2, -0.15) is 0 Å². The molecule has 3 nitrogen and oxygen atoms in total. The van der Waals surface area contributed by atoms with Gasteiger partial charge in [-0.3, -0.25) is 0 Å². The Hall–Kier alpha value is 2.78. The Morgan fingerprint density at radius 3 is 0.500 bits per heavy atom. The molecule has 0 aromatic heterocycles. The summed E-state index contributed by atoms with van der Waals surface area (Å²) in [4.78, 5) is 0. The van der Waals surface area contributed by atoms with Gasteiger partial charge in [0.25, 0.3) is 0 Å². The molecule has 0 radical (unpaired) electrons. The van der Waals surface area contributed by atoms with Crippen molar-refractivity contribution in [2.75, 3.05) is 0 Å². The number of hydrogen-bond donors (Lipinski definition) is 0. The third-order valence-electron chi connectivity index (χ3n) is 0. The van der Waals surface area contributed by atoms with Crippen molar-refractivity contribution in [2.24, 2.45) is 0 Å². The van der Waals surface area contributed by atoms with Gasteiger partial charge in [0.1, 0.15) is 0 Å². The average Bonchev–Trinajstić information content (AvgIpc) is 0. The minimum Gasteiger partial charge on any atom is -2.00 e. The van der Waals surface area contributed by atoms with Gasteiger partial charge in [-0.25, -0.2) is 0 Å². The van der Waals surface area contributed by atoms with E-state index in [4.69, 9.17) is 0 Å². The van der Waals surface area contributed by atoms with E-state index in [0.717, 1.165) is 0 Å².